The van der Waals surface area contributed by atoms with E-state index >= 15 is 0 Å². The van der Waals surface area contributed by atoms with E-state index in [4.69, 9.17) is 0 Å². The average Bonchev–Trinajstić information content (AvgIpc) is 2.66. The quantitative estimate of drug-likeness (QED) is 0.560. The second kappa shape index (κ2) is 8.71. The minimum atomic E-state index is -4.08. The number of carbonyl (C=O) groups is 2. The number of aliphatic carboxylic acids is 2. The third kappa shape index (κ3) is 4.37. The van der Waals surface area contributed by atoms with Gasteiger partial charge in [0.25, 0.3) is 0 Å². The van der Waals surface area contributed by atoms with Crippen molar-refractivity contribution in [2.45, 2.75) is 81.9 Å². The lowest BCUT2D eigenvalue weighted by Gasteiger charge is -2.45. The fourth-order valence-corrected chi connectivity index (χ4v) is 7.90. The molecule has 2 saturated heterocycles. The average molecular weight is 469 g/mol. The van der Waals surface area contributed by atoms with Crippen molar-refractivity contribution in [2.24, 2.45) is 5.92 Å². The minimum Gasteiger partial charge on any atom is -0.480 e. The number of sulfonamides is 2. The van der Waals surface area contributed by atoms with Crippen molar-refractivity contribution >= 4 is 32.0 Å². The zero-order valence-corrected chi connectivity index (χ0v) is 19.4. The summed E-state index contributed by atoms with van der Waals surface area (Å²) in [5.41, 5.74) is 0. The zero-order chi connectivity index (χ0) is 23.1. The van der Waals surface area contributed by atoms with Crippen molar-refractivity contribution in [3.05, 3.63) is 0 Å². The monoisotopic (exact) mass is 468 g/mol. The molecule has 10 nitrogen and oxygen atoms in total. The van der Waals surface area contributed by atoms with Gasteiger partial charge in [0.05, 0.1) is 10.00 Å². The summed E-state index contributed by atoms with van der Waals surface area (Å²) in [6, 6.07) is -2.50. The van der Waals surface area contributed by atoms with E-state index in [1.807, 2.05) is 0 Å². The largest absolute Gasteiger partial charge is 0.480 e. The van der Waals surface area contributed by atoms with E-state index in [1.165, 1.54) is 27.7 Å². The fraction of sp³-hybridized carbons (Fsp3) is 0.889. The lowest BCUT2D eigenvalue weighted by atomic mass is 9.83. The van der Waals surface area contributed by atoms with Gasteiger partial charge in [0, 0.05) is 13.1 Å². The van der Waals surface area contributed by atoms with Gasteiger partial charge in [-0.05, 0) is 65.7 Å². The number of nitrogens with zero attached hydrogens (tertiary/aromatic N) is 2. The number of rotatable bonds is 7. The van der Waals surface area contributed by atoms with Gasteiger partial charge in [-0.15, -0.1) is 0 Å². The van der Waals surface area contributed by atoms with Crippen LogP contribution in [0, 0.1) is 5.92 Å². The summed E-state index contributed by atoms with van der Waals surface area (Å²) >= 11 is 0. The molecule has 2 heterocycles. The van der Waals surface area contributed by atoms with Crippen LogP contribution in [0.25, 0.3) is 0 Å². The van der Waals surface area contributed by atoms with E-state index in [-0.39, 0.29) is 32.4 Å². The van der Waals surface area contributed by atoms with E-state index in [2.05, 4.69) is 0 Å². The molecule has 30 heavy (non-hydrogen) atoms. The van der Waals surface area contributed by atoms with Gasteiger partial charge in [0.15, 0.2) is 0 Å². The smallest absolute Gasteiger partial charge is 0.322 e. The highest BCUT2D eigenvalue weighted by atomic mass is 32.2. The fourth-order valence-electron chi connectivity index (χ4n) is 4.33. The first-order valence-electron chi connectivity index (χ1n) is 10.1. The third-order valence-electron chi connectivity index (χ3n) is 6.46. The predicted molar refractivity (Wildman–Crippen MR) is 110 cm³/mol. The normalized spacial score (nSPS) is 27.8. The minimum absolute atomic E-state index is 0.0938. The Kier molecular flexibility index (Phi) is 7.27. The van der Waals surface area contributed by atoms with E-state index in [0.717, 1.165) is 8.61 Å². The molecular weight excluding hydrogens is 436 g/mol. The Hall–Kier alpha value is -1.24. The van der Waals surface area contributed by atoms with Gasteiger partial charge in [-0.1, -0.05) is 0 Å². The van der Waals surface area contributed by atoms with Crippen molar-refractivity contribution in [2.75, 3.05) is 13.1 Å². The van der Waals surface area contributed by atoms with E-state index < -0.39 is 60.0 Å². The molecule has 0 aromatic heterocycles. The Balaban J connectivity index is 2.36. The molecule has 174 valence electrons. The van der Waals surface area contributed by atoms with Gasteiger partial charge in [0.1, 0.15) is 12.1 Å². The molecule has 12 heteroatoms. The molecule has 0 radical (unpaired) electrons. The first-order chi connectivity index (χ1) is 13.7. The lowest BCUT2D eigenvalue weighted by molar-refractivity contribution is -0.143. The SMILES string of the molecule is CC(C)S(=O)(=O)N1CCC(C(C)(C)S(=O)(=O)N2CCCC[C@@H]2C(=O)O)C[C@H]1C(=O)O. The summed E-state index contributed by atoms with van der Waals surface area (Å²) in [7, 11) is -7.91. The highest BCUT2D eigenvalue weighted by Crippen LogP contribution is 2.40. The van der Waals surface area contributed by atoms with Crippen LogP contribution in [0.3, 0.4) is 0 Å². The van der Waals surface area contributed by atoms with Crippen molar-refractivity contribution in [3.8, 4) is 0 Å². The molecule has 2 fully saturated rings. The molecule has 0 amide bonds. The Bertz CT molecular complexity index is 882. The molecule has 0 bridgehead atoms. The first kappa shape index (κ1) is 25.0. The molecule has 1 unspecified atom stereocenters. The Labute approximate surface area is 178 Å². The van der Waals surface area contributed by atoms with Crippen molar-refractivity contribution in [1.29, 1.82) is 0 Å². The lowest BCUT2D eigenvalue weighted by Crippen LogP contribution is -2.60. The Morgan fingerprint density at radius 2 is 1.47 bits per heavy atom. The maximum atomic E-state index is 13.5. The molecule has 0 aromatic rings. The van der Waals surface area contributed by atoms with Crippen LogP contribution >= 0.6 is 0 Å². The standard InChI is InChI=1S/C18H32N2O8S2/c1-12(2)29(25,26)19-10-8-13(11-15(19)17(23)24)18(3,4)30(27,28)20-9-6-5-7-14(20)16(21)22/h12-15H,5-11H2,1-4H3,(H,21,22)(H,23,24)/t13?,14-,15+/m1/s1. The molecule has 3 atom stereocenters. The Morgan fingerprint density at radius 1 is 0.900 bits per heavy atom. The second-order valence-electron chi connectivity index (χ2n) is 8.85. The van der Waals surface area contributed by atoms with Crippen molar-refractivity contribution in [3.63, 3.8) is 0 Å². The van der Waals surface area contributed by atoms with Gasteiger partial charge >= 0.3 is 11.9 Å². The number of hydrogen-bond donors (Lipinski definition) is 2. The highest BCUT2D eigenvalue weighted by Gasteiger charge is 2.53. The molecule has 0 aliphatic carbocycles. The predicted octanol–water partition coefficient (Wildman–Crippen LogP) is 0.937. The molecule has 0 saturated carbocycles. The number of carboxylic acids is 2. The number of carboxylic acid groups (broad SMARTS) is 2. The van der Waals surface area contributed by atoms with Crippen LogP contribution in [0.2, 0.25) is 0 Å². The van der Waals surface area contributed by atoms with Crippen LogP contribution in [0.5, 0.6) is 0 Å². The van der Waals surface area contributed by atoms with E-state index in [1.54, 1.807) is 0 Å². The number of piperidine rings is 2. The maximum absolute atomic E-state index is 13.5. The molecule has 2 N–H and O–H groups in total. The zero-order valence-electron chi connectivity index (χ0n) is 17.8. The molecule has 2 aliphatic rings. The topological polar surface area (TPSA) is 149 Å². The van der Waals surface area contributed by atoms with Gasteiger partial charge < -0.3 is 10.2 Å². The van der Waals surface area contributed by atoms with Crippen LogP contribution in [0.1, 0.15) is 59.8 Å². The van der Waals surface area contributed by atoms with Gasteiger partial charge in [0.2, 0.25) is 20.0 Å². The molecular formula is C18H32N2O8S2. The molecule has 2 rings (SSSR count). The summed E-state index contributed by atoms with van der Waals surface area (Å²) in [6.07, 6.45) is 1.43. The van der Waals surface area contributed by atoms with Crippen molar-refractivity contribution < 1.29 is 36.6 Å². The van der Waals surface area contributed by atoms with Crippen LogP contribution in [0.4, 0.5) is 0 Å². The summed E-state index contributed by atoms with van der Waals surface area (Å²) in [5.74, 6) is -3.16. The summed E-state index contributed by atoms with van der Waals surface area (Å²) in [4.78, 5) is 23.5. The molecule has 0 spiro atoms. The molecule has 0 aromatic carbocycles. The summed E-state index contributed by atoms with van der Waals surface area (Å²) < 4.78 is 52.7. The van der Waals surface area contributed by atoms with Gasteiger partial charge in [-0.25, -0.2) is 16.8 Å². The van der Waals surface area contributed by atoms with Crippen molar-refractivity contribution in [1.82, 2.24) is 8.61 Å². The first-order valence-corrected chi connectivity index (χ1v) is 13.1. The van der Waals surface area contributed by atoms with Crippen LogP contribution in [-0.4, -0.2) is 82.8 Å². The second-order valence-corrected chi connectivity index (χ2v) is 13.8. The van der Waals surface area contributed by atoms with Gasteiger partial charge in [-0.2, -0.15) is 8.61 Å². The van der Waals surface area contributed by atoms with E-state index in [9.17, 15) is 36.6 Å². The van der Waals surface area contributed by atoms with Crippen LogP contribution < -0.4 is 0 Å². The van der Waals surface area contributed by atoms with E-state index in [0.29, 0.717) is 12.8 Å². The van der Waals surface area contributed by atoms with Crippen LogP contribution in [-0.2, 0) is 29.6 Å². The Morgan fingerprint density at radius 3 is 1.97 bits per heavy atom. The molecule has 2 aliphatic heterocycles. The third-order valence-corrected chi connectivity index (χ3v) is 11.5. The van der Waals surface area contributed by atoms with Crippen LogP contribution in [0.15, 0.2) is 0 Å². The summed E-state index contributed by atoms with van der Waals surface area (Å²) in [5, 5.41) is 18.3. The highest BCUT2D eigenvalue weighted by molar-refractivity contribution is 7.90. The maximum Gasteiger partial charge on any atom is 0.322 e. The number of hydrogen-bond acceptors (Lipinski definition) is 6. The summed E-state index contributed by atoms with van der Waals surface area (Å²) in [6.45, 7) is 5.90. The van der Waals surface area contributed by atoms with Gasteiger partial charge in [-0.3, -0.25) is 9.59 Å².